The number of rotatable bonds is 6. The van der Waals surface area contributed by atoms with Crippen LogP contribution in [0.25, 0.3) is 0 Å². The Hall–Kier alpha value is -1.69. The molecular formula is C22H28N2O2S. The number of likely N-dealkylation sites (tertiary alicyclic amines) is 1. The first kappa shape index (κ1) is 18.7. The first-order chi connectivity index (χ1) is 13.0. The van der Waals surface area contributed by atoms with Crippen LogP contribution in [0.2, 0.25) is 0 Å². The fraction of sp³-hybridized carbons (Fsp3) is 0.455. The molecule has 0 amide bonds. The number of hydrogen-bond donors (Lipinski definition) is 0. The van der Waals surface area contributed by atoms with E-state index in [4.69, 9.17) is 0 Å². The molecule has 1 saturated carbocycles. The summed E-state index contributed by atoms with van der Waals surface area (Å²) in [6.07, 6.45) is 3.81. The van der Waals surface area contributed by atoms with E-state index in [1.165, 1.54) is 5.56 Å². The first-order valence-electron chi connectivity index (χ1n) is 9.90. The van der Waals surface area contributed by atoms with Crippen molar-refractivity contribution in [3.63, 3.8) is 0 Å². The van der Waals surface area contributed by atoms with Crippen molar-refractivity contribution in [3.05, 3.63) is 65.7 Å². The lowest BCUT2D eigenvalue weighted by molar-refractivity contribution is 0.150. The maximum Gasteiger partial charge on any atom is 0.243 e. The summed E-state index contributed by atoms with van der Waals surface area (Å²) in [5.41, 5.74) is 2.41. The molecule has 27 heavy (non-hydrogen) atoms. The van der Waals surface area contributed by atoms with Gasteiger partial charge in [-0.25, -0.2) is 8.42 Å². The molecule has 1 heterocycles. The minimum Gasteiger partial charge on any atom is -0.299 e. The van der Waals surface area contributed by atoms with E-state index >= 15 is 0 Å². The van der Waals surface area contributed by atoms with Crippen LogP contribution in [0.4, 0.5) is 0 Å². The van der Waals surface area contributed by atoms with Crippen LogP contribution in [0.5, 0.6) is 0 Å². The average Bonchev–Trinajstić information content (AvgIpc) is 3.49. The lowest BCUT2D eigenvalue weighted by Crippen LogP contribution is -2.48. The van der Waals surface area contributed by atoms with Gasteiger partial charge >= 0.3 is 0 Å². The summed E-state index contributed by atoms with van der Waals surface area (Å²) >= 11 is 0. The summed E-state index contributed by atoms with van der Waals surface area (Å²) in [6, 6.07) is 18.1. The molecule has 0 bridgehead atoms. The van der Waals surface area contributed by atoms with Gasteiger partial charge in [0.2, 0.25) is 10.0 Å². The predicted molar refractivity (Wildman–Crippen MR) is 108 cm³/mol. The van der Waals surface area contributed by atoms with Crippen molar-refractivity contribution >= 4 is 10.0 Å². The van der Waals surface area contributed by atoms with Crippen LogP contribution < -0.4 is 0 Å². The van der Waals surface area contributed by atoms with E-state index in [2.05, 4.69) is 29.2 Å². The van der Waals surface area contributed by atoms with Gasteiger partial charge in [0, 0.05) is 31.7 Å². The van der Waals surface area contributed by atoms with Crippen molar-refractivity contribution in [2.45, 2.75) is 56.1 Å². The summed E-state index contributed by atoms with van der Waals surface area (Å²) in [4.78, 5) is 2.88. The van der Waals surface area contributed by atoms with E-state index in [-0.39, 0.29) is 12.1 Å². The maximum absolute atomic E-state index is 13.3. The summed E-state index contributed by atoms with van der Waals surface area (Å²) in [5.74, 6) is 0. The molecule has 0 atom stereocenters. The van der Waals surface area contributed by atoms with Gasteiger partial charge in [-0.3, -0.25) is 4.90 Å². The third-order valence-electron chi connectivity index (χ3n) is 5.67. The van der Waals surface area contributed by atoms with Gasteiger partial charge < -0.3 is 0 Å². The van der Waals surface area contributed by atoms with E-state index in [9.17, 15) is 8.42 Å². The van der Waals surface area contributed by atoms with Crippen LogP contribution in [-0.2, 0) is 16.6 Å². The van der Waals surface area contributed by atoms with Crippen molar-refractivity contribution < 1.29 is 8.42 Å². The average molecular weight is 385 g/mol. The summed E-state index contributed by atoms with van der Waals surface area (Å²) in [7, 11) is -3.42. The van der Waals surface area contributed by atoms with E-state index in [0.717, 1.165) is 50.9 Å². The number of benzene rings is 2. The molecule has 4 rings (SSSR count). The summed E-state index contributed by atoms with van der Waals surface area (Å²) in [5, 5.41) is 0. The topological polar surface area (TPSA) is 40.6 Å². The van der Waals surface area contributed by atoms with Gasteiger partial charge in [0.05, 0.1) is 4.90 Å². The fourth-order valence-corrected chi connectivity index (χ4v) is 5.96. The summed E-state index contributed by atoms with van der Waals surface area (Å²) in [6.45, 7) is 4.83. The highest BCUT2D eigenvalue weighted by Gasteiger charge is 2.43. The Balaban J connectivity index is 1.45. The number of sulfonamides is 1. The van der Waals surface area contributed by atoms with Gasteiger partial charge in [-0.2, -0.15) is 4.31 Å². The molecule has 2 aromatic carbocycles. The van der Waals surface area contributed by atoms with E-state index in [1.54, 1.807) is 12.1 Å². The smallest absolute Gasteiger partial charge is 0.243 e. The van der Waals surface area contributed by atoms with E-state index < -0.39 is 10.0 Å². The standard InChI is InChI=1S/C22H28N2O2S/c1-18-7-11-22(12-8-18)27(25,26)24(20-9-10-20)21-13-15-23(16-14-21)17-19-5-3-2-4-6-19/h2-8,11-12,20-21H,9-10,13-17H2,1H3. The normalized spacial score (nSPS) is 19.5. The van der Waals surface area contributed by atoms with Crippen LogP contribution in [0.15, 0.2) is 59.5 Å². The van der Waals surface area contributed by atoms with Gasteiger partial charge in [-0.05, 0) is 50.3 Å². The Morgan fingerprint density at radius 3 is 2.07 bits per heavy atom. The highest BCUT2D eigenvalue weighted by molar-refractivity contribution is 7.89. The molecule has 144 valence electrons. The number of hydrogen-bond acceptors (Lipinski definition) is 3. The fourth-order valence-electron chi connectivity index (χ4n) is 4.03. The van der Waals surface area contributed by atoms with Crippen LogP contribution >= 0.6 is 0 Å². The Morgan fingerprint density at radius 2 is 1.48 bits per heavy atom. The Morgan fingerprint density at radius 1 is 0.889 bits per heavy atom. The Kier molecular flexibility index (Phi) is 5.35. The molecule has 2 aliphatic rings. The molecule has 2 fully saturated rings. The number of piperidine rings is 1. The van der Waals surface area contributed by atoms with Crippen molar-refractivity contribution in [2.75, 3.05) is 13.1 Å². The van der Waals surface area contributed by atoms with E-state index in [0.29, 0.717) is 4.90 Å². The largest absolute Gasteiger partial charge is 0.299 e. The van der Waals surface area contributed by atoms with Gasteiger partial charge in [0.15, 0.2) is 0 Å². The summed E-state index contributed by atoms with van der Waals surface area (Å²) < 4.78 is 28.5. The van der Waals surface area contributed by atoms with Crippen LogP contribution in [0.3, 0.4) is 0 Å². The number of nitrogens with zero attached hydrogens (tertiary/aromatic N) is 2. The lowest BCUT2D eigenvalue weighted by atomic mass is 10.0. The zero-order chi connectivity index (χ0) is 18.9. The third-order valence-corrected chi connectivity index (χ3v) is 7.69. The second kappa shape index (κ2) is 7.74. The molecular weight excluding hydrogens is 356 g/mol. The lowest BCUT2D eigenvalue weighted by Gasteiger charge is -2.38. The van der Waals surface area contributed by atoms with Gasteiger partial charge in [-0.1, -0.05) is 48.0 Å². The van der Waals surface area contributed by atoms with Gasteiger partial charge in [0.25, 0.3) is 0 Å². The Labute approximate surface area is 162 Å². The van der Waals surface area contributed by atoms with Crippen LogP contribution in [0.1, 0.15) is 36.8 Å². The third kappa shape index (κ3) is 4.26. The Bertz CT molecular complexity index is 853. The molecule has 0 unspecified atom stereocenters. The predicted octanol–water partition coefficient (Wildman–Crippen LogP) is 3.81. The van der Waals surface area contributed by atoms with Crippen molar-refractivity contribution in [1.82, 2.24) is 9.21 Å². The molecule has 0 N–H and O–H groups in total. The molecule has 0 aromatic heterocycles. The second-order valence-electron chi connectivity index (χ2n) is 7.87. The maximum atomic E-state index is 13.3. The van der Waals surface area contributed by atoms with E-state index in [1.807, 2.05) is 29.4 Å². The quantitative estimate of drug-likeness (QED) is 0.760. The molecule has 0 radical (unpaired) electrons. The molecule has 5 heteroatoms. The van der Waals surface area contributed by atoms with Crippen LogP contribution in [0, 0.1) is 6.92 Å². The second-order valence-corrected chi connectivity index (χ2v) is 9.72. The number of aryl methyl sites for hydroxylation is 1. The molecule has 0 spiro atoms. The minimum absolute atomic E-state index is 0.121. The van der Waals surface area contributed by atoms with Crippen molar-refractivity contribution in [3.8, 4) is 0 Å². The van der Waals surface area contributed by atoms with Gasteiger partial charge in [0.1, 0.15) is 0 Å². The minimum atomic E-state index is -3.42. The van der Waals surface area contributed by atoms with Crippen molar-refractivity contribution in [2.24, 2.45) is 0 Å². The zero-order valence-corrected chi connectivity index (χ0v) is 16.7. The molecule has 1 saturated heterocycles. The SMILES string of the molecule is Cc1ccc(S(=O)(=O)N(C2CC2)C2CCN(Cc3ccccc3)CC2)cc1. The van der Waals surface area contributed by atoms with Crippen molar-refractivity contribution in [1.29, 1.82) is 0 Å². The first-order valence-corrected chi connectivity index (χ1v) is 11.3. The highest BCUT2D eigenvalue weighted by atomic mass is 32.2. The molecule has 1 aliphatic carbocycles. The molecule has 4 nitrogen and oxygen atoms in total. The van der Waals surface area contributed by atoms with Crippen LogP contribution in [-0.4, -0.2) is 42.8 Å². The molecule has 1 aliphatic heterocycles. The van der Waals surface area contributed by atoms with Gasteiger partial charge in [-0.15, -0.1) is 0 Å². The zero-order valence-electron chi connectivity index (χ0n) is 15.9. The highest BCUT2D eigenvalue weighted by Crippen LogP contribution is 2.36. The molecule has 2 aromatic rings. The monoisotopic (exact) mass is 384 g/mol.